The molecule has 0 atom stereocenters. The van der Waals surface area contributed by atoms with E-state index in [0.29, 0.717) is 16.4 Å². The molecule has 2 aromatic heterocycles. The predicted molar refractivity (Wildman–Crippen MR) is 68.1 cm³/mol. The van der Waals surface area contributed by atoms with Crippen molar-refractivity contribution < 1.29 is 14.7 Å². The van der Waals surface area contributed by atoms with Gasteiger partial charge in [0.25, 0.3) is 5.91 Å². The molecule has 20 heavy (non-hydrogen) atoms. The number of pyridine rings is 1. The molecule has 0 aromatic carbocycles. The minimum Gasteiger partial charge on any atom is -0.480 e. The van der Waals surface area contributed by atoms with Crippen LogP contribution >= 0.6 is 11.6 Å². The van der Waals surface area contributed by atoms with Gasteiger partial charge in [-0.2, -0.15) is 0 Å². The van der Waals surface area contributed by atoms with Crippen LogP contribution in [-0.4, -0.2) is 37.0 Å². The van der Waals surface area contributed by atoms with Crippen LogP contribution in [0.1, 0.15) is 16.1 Å². The number of amides is 1. The quantitative estimate of drug-likeness (QED) is 0.770. The van der Waals surface area contributed by atoms with Crippen molar-refractivity contribution in [3.8, 4) is 0 Å². The average Bonchev–Trinajstić information content (AvgIpc) is 2.83. The van der Waals surface area contributed by atoms with Crippen LogP contribution in [0.25, 0.3) is 0 Å². The zero-order valence-corrected chi connectivity index (χ0v) is 10.9. The van der Waals surface area contributed by atoms with Gasteiger partial charge in [0.2, 0.25) is 0 Å². The van der Waals surface area contributed by atoms with Gasteiger partial charge >= 0.3 is 5.97 Å². The number of halogens is 1. The van der Waals surface area contributed by atoms with Gasteiger partial charge in [0, 0.05) is 6.20 Å². The first-order chi connectivity index (χ1) is 9.54. The lowest BCUT2D eigenvalue weighted by Gasteiger charge is -2.02. The Morgan fingerprint density at radius 2 is 2.20 bits per heavy atom. The number of rotatable bonds is 5. The van der Waals surface area contributed by atoms with E-state index in [-0.39, 0.29) is 19.0 Å². The SMILES string of the molecule is O=C(O)Cn1cc(CNC(=O)c2ccc(Cl)nc2)nn1. The third kappa shape index (κ3) is 3.75. The summed E-state index contributed by atoms with van der Waals surface area (Å²) in [5.41, 5.74) is 0.828. The maximum absolute atomic E-state index is 11.8. The molecule has 0 saturated carbocycles. The molecule has 0 radical (unpaired) electrons. The van der Waals surface area contributed by atoms with Gasteiger partial charge in [0.1, 0.15) is 17.4 Å². The maximum Gasteiger partial charge on any atom is 0.325 e. The summed E-state index contributed by atoms with van der Waals surface area (Å²) in [5, 5.41) is 18.9. The Balaban J connectivity index is 1.91. The molecule has 2 aromatic rings. The fraction of sp³-hybridized carbons (Fsp3) is 0.182. The van der Waals surface area contributed by atoms with E-state index in [1.54, 1.807) is 6.07 Å². The van der Waals surface area contributed by atoms with Gasteiger partial charge in [-0.15, -0.1) is 5.10 Å². The first-order valence-electron chi connectivity index (χ1n) is 5.55. The van der Waals surface area contributed by atoms with Crippen molar-refractivity contribution in [1.29, 1.82) is 0 Å². The highest BCUT2D eigenvalue weighted by Crippen LogP contribution is 2.05. The molecule has 2 heterocycles. The summed E-state index contributed by atoms with van der Waals surface area (Å²) in [4.78, 5) is 26.1. The normalized spacial score (nSPS) is 10.2. The van der Waals surface area contributed by atoms with E-state index >= 15 is 0 Å². The molecule has 2 N–H and O–H groups in total. The van der Waals surface area contributed by atoms with E-state index in [4.69, 9.17) is 16.7 Å². The second kappa shape index (κ2) is 6.11. The Kier molecular flexibility index (Phi) is 4.26. The van der Waals surface area contributed by atoms with E-state index in [0.717, 1.165) is 0 Å². The highest BCUT2D eigenvalue weighted by Gasteiger charge is 2.08. The number of nitrogens with zero attached hydrogens (tertiary/aromatic N) is 4. The molecule has 0 unspecified atom stereocenters. The molecule has 2 rings (SSSR count). The number of hydrogen-bond donors (Lipinski definition) is 2. The Hall–Kier alpha value is -2.48. The summed E-state index contributed by atoms with van der Waals surface area (Å²) in [6.45, 7) is -0.136. The van der Waals surface area contributed by atoms with Crippen molar-refractivity contribution in [2.75, 3.05) is 0 Å². The van der Waals surface area contributed by atoms with Crippen molar-refractivity contribution >= 4 is 23.5 Å². The van der Waals surface area contributed by atoms with Gasteiger partial charge in [-0.25, -0.2) is 9.67 Å². The summed E-state index contributed by atoms with van der Waals surface area (Å²) in [5.74, 6) is -1.35. The zero-order chi connectivity index (χ0) is 14.5. The fourth-order valence-corrected chi connectivity index (χ4v) is 1.53. The number of aliphatic carboxylic acids is 1. The number of carbonyl (C=O) groups is 2. The topological polar surface area (TPSA) is 110 Å². The van der Waals surface area contributed by atoms with Crippen LogP contribution in [-0.2, 0) is 17.9 Å². The van der Waals surface area contributed by atoms with E-state index in [1.807, 2.05) is 0 Å². The minimum atomic E-state index is -1.02. The number of aromatic nitrogens is 4. The lowest BCUT2D eigenvalue weighted by molar-refractivity contribution is -0.137. The predicted octanol–water partition coefficient (Wildman–Crippen LogP) is 0.341. The molecule has 9 heteroatoms. The molecule has 1 amide bonds. The Morgan fingerprint density at radius 3 is 2.85 bits per heavy atom. The Labute approximate surface area is 118 Å². The van der Waals surface area contributed by atoms with Gasteiger partial charge in [0.15, 0.2) is 0 Å². The van der Waals surface area contributed by atoms with Crippen molar-refractivity contribution in [3.05, 3.63) is 40.9 Å². The second-order valence-electron chi connectivity index (χ2n) is 3.85. The van der Waals surface area contributed by atoms with Gasteiger partial charge in [-0.1, -0.05) is 16.8 Å². The largest absolute Gasteiger partial charge is 0.480 e. The van der Waals surface area contributed by atoms with Crippen LogP contribution in [0.3, 0.4) is 0 Å². The molecule has 8 nitrogen and oxygen atoms in total. The molecule has 0 saturated heterocycles. The Bertz CT molecular complexity index is 625. The standard InChI is InChI=1S/C11H10ClN5O3/c12-9-2-1-7(3-13-9)11(20)14-4-8-5-17(16-15-8)6-10(18)19/h1-3,5H,4,6H2,(H,14,20)(H,18,19). The van der Waals surface area contributed by atoms with Crippen LogP contribution in [0.15, 0.2) is 24.5 Å². The van der Waals surface area contributed by atoms with Gasteiger partial charge < -0.3 is 10.4 Å². The second-order valence-corrected chi connectivity index (χ2v) is 4.24. The molecule has 0 fully saturated rings. The first kappa shape index (κ1) is 13.9. The van der Waals surface area contributed by atoms with Gasteiger partial charge in [-0.3, -0.25) is 9.59 Å². The smallest absolute Gasteiger partial charge is 0.325 e. The van der Waals surface area contributed by atoms with E-state index < -0.39 is 5.97 Å². The molecule has 0 bridgehead atoms. The zero-order valence-electron chi connectivity index (χ0n) is 10.2. The number of carboxylic acids is 1. The van der Waals surface area contributed by atoms with E-state index in [9.17, 15) is 9.59 Å². The number of nitrogens with one attached hydrogen (secondary N) is 1. The van der Waals surface area contributed by atoms with Crippen molar-refractivity contribution in [2.45, 2.75) is 13.1 Å². The van der Waals surface area contributed by atoms with Gasteiger partial charge in [-0.05, 0) is 12.1 Å². The summed E-state index contributed by atoms with van der Waals surface area (Å²) in [6.07, 6.45) is 2.81. The summed E-state index contributed by atoms with van der Waals surface area (Å²) in [6, 6.07) is 3.06. The fourth-order valence-electron chi connectivity index (χ4n) is 1.42. The van der Waals surface area contributed by atoms with Crippen LogP contribution in [0.2, 0.25) is 5.15 Å². The molecular weight excluding hydrogens is 286 g/mol. The highest BCUT2D eigenvalue weighted by atomic mass is 35.5. The van der Waals surface area contributed by atoms with E-state index in [2.05, 4.69) is 20.6 Å². The molecule has 0 aliphatic carbocycles. The lowest BCUT2D eigenvalue weighted by atomic mass is 10.2. The molecule has 0 aliphatic rings. The maximum atomic E-state index is 11.8. The molecule has 104 valence electrons. The number of carboxylic acid groups (broad SMARTS) is 1. The third-order valence-electron chi connectivity index (χ3n) is 2.30. The average molecular weight is 296 g/mol. The lowest BCUT2D eigenvalue weighted by Crippen LogP contribution is -2.23. The van der Waals surface area contributed by atoms with Crippen LogP contribution in [0.4, 0.5) is 0 Å². The van der Waals surface area contributed by atoms with Crippen molar-refractivity contribution in [3.63, 3.8) is 0 Å². The number of carbonyl (C=O) groups excluding carboxylic acids is 1. The van der Waals surface area contributed by atoms with Gasteiger partial charge in [0.05, 0.1) is 18.3 Å². The highest BCUT2D eigenvalue weighted by molar-refractivity contribution is 6.29. The summed E-state index contributed by atoms with van der Waals surface area (Å²) < 4.78 is 1.17. The van der Waals surface area contributed by atoms with E-state index in [1.165, 1.54) is 23.1 Å². The van der Waals surface area contributed by atoms with Crippen molar-refractivity contribution in [2.24, 2.45) is 0 Å². The molecular formula is C11H10ClN5O3. The number of hydrogen-bond acceptors (Lipinski definition) is 5. The minimum absolute atomic E-state index is 0.140. The summed E-state index contributed by atoms with van der Waals surface area (Å²) >= 11 is 5.62. The van der Waals surface area contributed by atoms with Crippen LogP contribution in [0.5, 0.6) is 0 Å². The third-order valence-corrected chi connectivity index (χ3v) is 2.53. The monoisotopic (exact) mass is 295 g/mol. The molecule has 0 aliphatic heterocycles. The van der Waals surface area contributed by atoms with Crippen LogP contribution < -0.4 is 5.32 Å². The Morgan fingerprint density at radius 1 is 1.40 bits per heavy atom. The first-order valence-corrected chi connectivity index (χ1v) is 5.93. The van der Waals surface area contributed by atoms with Crippen molar-refractivity contribution in [1.82, 2.24) is 25.3 Å². The molecule has 0 spiro atoms. The van der Waals surface area contributed by atoms with Crippen LogP contribution in [0, 0.1) is 0 Å². The summed E-state index contributed by atoms with van der Waals surface area (Å²) in [7, 11) is 0.